The Labute approximate surface area is 194 Å². The maximum absolute atomic E-state index is 13.3. The van der Waals surface area contributed by atoms with Gasteiger partial charge in [0.05, 0.1) is 12.0 Å². The number of nitrogens with zero attached hydrogens (tertiary/aromatic N) is 5. The minimum Gasteiger partial charge on any atom is -0.496 e. The number of benzene rings is 1. The van der Waals surface area contributed by atoms with E-state index >= 15 is 0 Å². The second kappa shape index (κ2) is 9.32. The van der Waals surface area contributed by atoms with E-state index in [0.29, 0.717) is 59.8 Å². The van der Waals surface area contributed by atoms with Gasteiger partial charge in [-0.05, 0) is 67.8 Å². The average Bonchev–Trinajstić information content (AvgIpc) is 2.83. The number of hydrogen-bond donors (Lipinski definition) is 1. The quantitative estimate of drug-likeness (QED) is 0.589. The summed E-state index contributed by atoms with van der Waals surface area (Å²) >= 11 is 0. The van der Waals surface area contributed by atoms with Gasteiger partial charge in [0, 0.05) is 32.4 Å². The lowest BCUT2D eigenvalue weighted by Gasteiger charge is -2.34. The highest BCUT2D eigenvalue weighted by atomic mass is 32.2. The van der Waals surface area contributed by atoms with Crippen LogP contribution in [0.5, 0.6) is 5.75 Å². The van der Waals surface area contributed by atoms with Crippen LogP contribution in [0.4, 0.5) is 17.5 Å². The molecule has 1 aliphatic heterocycles. The maximum Gasteiger partial charge on any atom is 0.243 e. The summed E-state index contributed by atoms with van der Waals surface area (Å²) in [5.74, 6) is 2.70. The standard InChI is InChI=1S/C23H28N6O3S/c1-16-5-8-21(24-15-16)25-22-9-10-23(27-26-22)28-11-13-29(14-12-28)33(30,31)20-7-6-19(32-4)17(2)18(20)3/h5-10,15H,11-14H2,1-4H3,(H,24,25,26). The number of ether oxygens (including phenoxy) is 1. The Morgan fingerprint density at radius 2 is 1.61 bits per heavy atom. The molecule has 2 aromatic heterocycles. The molecule has 1 N–H and O–H groups in total. The van der Waals surface area contributed by atoms with Gasteiger partial charge in [-0.3, -0.25) is 0 Å². The summed E-state index contributed by atoms with van der Waals surface area (Å²) in [5.41, 5.74) is 2.64. The fraction of sp³-hybridized carbons (Fsp3) is 0.348. The van der Waals surface area contributed by atoms with Crippen molar-refractivity contribution in [1.82, 2.24) is 19.5 Å². The lowest BCUT2D eigenvalue weighted by molar-refractivity contribution is 0.382. The second-order valence-electron chi connectivity index (χ2n) is 8.03. The number of nitrogens with one attached hydrogen (secondary N) is 1. The minimum atomic E-state index is -3.59. The van der Waals surface area contributed by atoms with Crippen molar-refractivity contribution in [3.8, 4) is 5.75 Å². The van der Waals surface area contributed by atoms with Crippen LogP contribution in [0, 0.1) is 20.8 Å². The van der Waals surface area contributed by atoms with Crippen LogP contribution in [0.15, 0.2) is 47.5 Å². The van der Waals surface area contributed by atoms with Gasteiger partial charge in [-0.2, -0.15) is 4.31 Å². The van der Waals surface area contributed by atoms with Gasteiger partial charge in [0.15, 0.2) is 11.6 Å². The van der Waals surface area contributed by atoms with Crippen LogP contribution in [-0.4, -0.2) is 61.2 Å². The molecule has 174 valence electrons. The Kier molecular flexibility index (Phi) is 6.48. The Hall–Kier alpha value is -3.24. The van der Waals surface area contributed by atoms with Gasteiger partial charge < -0.3 is 15.0 Å². The number of hydrogen-bond acceptors (Lipinski definition) is 8. The lowest BCUT2D eigenvalue weighted by Crippen LogP contribution is -2.49. The monoisotopic (exact) mass is 468 g/mol. The van der Waals surface area contributed by atoms with Gasteiger partial charge in [0.2, 0.25) is 10.0 Å². The van der Waals surface area contributed by atoms with Crippen molar-refractivity contribution >= 4 is 27.5 Å². The number of pyridine rings is 1. The van der Waals surface area contributed by atoms with Crippen molar-refractivity contribution in [2.24, 2.45) is 0 Å². The Morgan fingerprint density at radius 3 is 2.21 bits per heavy atom. The van der Waals surface area contributed by atoms with Crippen molar-refractivity contribution in [2.45, 2.75) is 25.7 Å². The smallest absolute Gasteiger partial charge is 0.243 e. The van der Waals surface area contributed by atoms with E-state index in [-0.39, 0.29) is 0 Å². The fourth-order valence-corrected chi connectivity index (χ4v) is 5.50. The fourth-order valence-electron chi connectivity index (χ4n) is 3.80. The van der Waals surface area contributed by atoms with E-state index in [2.05, 4.69) is 20.5 Å². The van der Waals surface area contributed by atoms with Crippen molar-refractivity contribution < 1.29 is 13.2 Å². The van der Waals surface area contributed by atoms with Crippen LogP contribution in [0.3, 0.4) is 0 Å². The van der Waals surface area contributed by atoms with Crippen LogP contribution >= 0.6 is 0 Å². The van der Waals surface area contributed by atoms with Gasteiger partial charge in [-0.15, -0.1) is 10.2 Å². The van der Waals surface area contributed by atoms with Crippen LogP contribution in [-0.2, 0) is 10.0 Å². The van der Waals surface area contributed by atoms with Gasteiger partial charge in [0.25, 0.3) is 0 Å². The SMILES string of the molecule is COc1ccc(S(=O)(=O)N2CCN(c3ccc(Nc4ccc(C)cn4)nn3)CC2)c(C)c1C. The predicted octanol–water partition coefficient (Wildman–Crippen LogP) is 3.06. The van der Waals surface area contributed by atoms with E-state index in [1.165, 1.54) is 4.31 Å². The highest BCUT2D eigenvalue weighted by Crippen LogP contribution is 2.29. The van der Waals surface area contributed by atoms with Crippen LogP contribution < -0.4 is 15.0 Å². The molecule has 0 bridgehead atoms. The van der Waals surface area contributed by atoms with E-state index in [1.54, 1.807) is 25.4 Å². The van der Waals surface area contributed by atoms with Gasteiger partial charge >= 0.3 is 0 Å². The van der Waals surface area contributed by atoms with Crippen LogP contribution in [0.2, 0.25) is 0 Å². The first-order valence-electron chi connectivity index (χ1n) is 10.7. The Bertz CT molecular complexity index is 1220. The molecule has 4 rings (SSSR count). The van der Waals surface area contributed by atoms with Crippen LogP contribution in [0.1, 0.15) is 16.7 Å². The average molecular weight is 469 g/mol. The molecule has 1 saturated heterocycles. The third kappa shape index (κ3) is 4.76. The molecule has 10 heteroatoms. The first kappa shape index (κ1) is 22.9. The van der Waals surface area contributed by atoms with E-state index in [1.807, 2.05) is 49.9 Å². The molecule has 3 heterocycles. The van der Waals surface area contributed by atoms with E-state index in [0.717, 1.165) is 11.1 Å². The van der Waals surface area contributed by atoms with Crippen molar-refractivity contribution in [3.63, 3.8) is 0 Å². The molecule has 0 amide bonds. The lowest BCUT2D eigenvalue weighted by atomic mass is 10.1. The summed E-state index contributed by atoms with van der Waals surface area (Å²) in [5, 5.41) is 11.7. The molecule has 0 unspecified atom stereocenters. The molecule has 1 aliphatic rings. The van der Waals surface area contributed by atoms with Gasteiger partial charge in [-0.25, -0.2) is 13.4 Å². The molecule has 1 aromatic carbocycles. The summed E-state index contributed by atoms with van der Waals surface area (Å²) < 4.78 is 33.4. The van der Waals surface area contributed by atoms with E-state index in [4.69, 9.17) is 4.74 Å². The maximum atomic E-state index is 13.3. The van der Waals surface area contributed by atoms with Gasteiger partial charge in [0.1, 0.15) is 11.6 Å². The molecule has 3 aromatic rings. The zero-order valence-electron chi connectivity index (χ0n) is 19.2. The Balaban J connectivity index is 1.41. The predicted molar refractivity (Wildman–Crippen MR) is 128 cm³/mol. The largest absolute Gasteiger partial charge is 0.496 e. The van der Waals surface area contributed by atoms with Crippen molar-refractivity contribution in [3.05, 3.63) is 59.3 Å². The second-order valence-corrected chi connectivity index (χ2v) is 9.94. The number of anilines is 3. The number of aryl methyl sites for hydroxylation is 1. The third-order valence-corrected chi connectivity index (χ3v) is 7.95. The number of sulfonamides is 1. The molecule has 0 spiro atoms. The normalized spacial score (nSPS) is 14.8. The molecular weight excluding hydrogens is 440 g/mol. The van der Waals surface area contributed by atoms with E-state index < -0.39 is 10.0 Å². The molecule has 1 fully saturated rings. The zero-order chi connectivity index (χ0) is 23.6. The molecule has 33 heavy (non-hydrogen) atoms. The summed E-state index contributed by atoms with van der Waals surface area (Å²) in [6.07, 6.45) is 1.78. The number of methoxy groups -OCH3 is 1. The molecule has 0 aliphatic carbocycles. The minimum absolute atomic E-state index is 0.328. The van der Waals surface area contributed by atoms with Crippen LogP contribution in [0.25, 0.3) is 0 Å². The summed E-state index contributed by atoms with van der Waals surface area (Å²) in [6, 6.07) is 10.9. The third-order valence-electron chi connectivity index (χ3n) is 5.91. The number of piperazine rings is 1. The van der Waals surface area contributed by atoms with Gasteiger partial charge in [-0.1, -0.05) is 6.07 Å². The van der Waals surface area contributed by atoms with E-state index in [9.17, 15) is 8.42 Å². The number of rotatable bonds is 6. The molecular formula is C23H28N6O3S. The molecule has 0 saturated carbocycles. The highest BCUT2D eigenvalue weighted by molar-refractivity contribution is 7.89. The summed E-state index contributed by atoms with van der Waals surface area (Å²) in [7, 11) is -2.01. The summed E-state index contributed by atoms with van der Waals surface area (Å²) in [4.78, 5) is 6.67. The molecule has 0 radical (unpaired) electrons. The highest BCUT2D eigenvalue weighted by Gasteiger charge is 2.30. The van der Waals surface area contributed by atoms with Crippen molar-refractivity contribution in [1.29, 1.82) is 0 Å². The zero-order valence-corrected chi connectivity index (χ0v) is 20.1. The molecule has 9 nitrogen and oxygen atoms in total. The first-order chi connectivity index (χ1) is 15.8. The topological polar surface area (TPSA) is 101 Å². The number of aromatic nitrogens is 3. The Morgan fingerprint density at radius 1 is 0.879 bits per heavy atom. The summed E-state index contributed by atoms with van der Waals surface area (Å²) in [6.45, 7) is 7.50. The molecule has 0 atom stereocenters. The first-order valence-corrected chi connectivity index (χ1v) is 12.2. The van der Waals surface area contributed by atoms with Crippen molar-refractivity contribution in [2.75, 3.05) is 43.5 Å².